The van der Waals surface area contributed by atoms with E-state index in [0.717, 1.165) is 11.3 Å². The van der Waals surface area contributed by atoms with Gasteiger partial charge in [-0.15, -0.1) is 0 Å². The molecule has 1 aliphatic rings. The zero-order chi connectivity index (χ0) is 17.5. The second-order valence-corrected chi connectivity index (χ2v) is 5.87. The minimum Gasteiger partial charge on any atom is -0.496 e. The first-order valence-electron chi connectivity index (χ1n) is 7.61. The molecule has 6 heteroatoms. The van der Waals surface area contributed by atoms with Crippen LogP contribution in [0.25, 0.3) is 0 Å². The second-order valence-electron chi connectivity index (χ2n) is 5.44. The van der Waals surface area contributed by atoms with Crippen LogP contribution in [0.4, 0.5) is 0 Å². The molecule has 1 unspecified atom stereocenters. The molecule has 0 bridgehead atoms. The number of methoxy groups -OCH3 is 2. The van der Waals surface area contributed by atoms with E-state index in [2.05, 4.69) is 5.10 Å². The van der Waals surface area contributed by atoms with Gasteiger partial charge in [-0.25, -0.2) is 4.79 Å². The van der Waals surface area contributed by atoms with E-state index in [9.17, 15) is 4.79 Å². The summed E-state index contributed by atoms with van der Waals surface area (Å²) in [5.41, 5.74) is 1.44. The lowest BCUT2D eigenvalue weighted by atomic mass is 10.1. The molecule has 0 radical (unpaired) electrons. The number of esters is 1. The van der Waals surface area contributed by atoms with Gasteiger partial charge in [0.2, 0.25) is 0 Å². The number of carbonyl (C=O) groups is 1. The van der Waals surface area contributed by atoms with Crippen molar-refractivity contribution >= 4 is 23.8 Å². The quantitative estimate of drug-likeness (QED) is 0.782. The number of ether oxygens (including phenoxy) is 2. The Labute approximate surface area is 147 Å². The molecule has 0 aromatic heterocycles. The van der Waals surface area contributed by atoms with Crippen molar-refractivity contribution in [2.24, 2.45) is 11.0 Å². The molecule has 0 N–H and O–H groups in total. The Bertz CT molecular complexity index is 683. The summed E-state index contributed by atoms with van der Waals surface area (Å²) < 4.78 is 10.2. The number of hydrogen-bond donors (Lipinski definition) is 0. The zero-order valence-corrected chi connectivity index (χ0v) is 14.8. The van der Waals surface area contributed by atoms with Crippen LogP contribution in [0.5, 0.6) is 5.75 Å². The second kappa shape index (κ2) is 8.55. The number of carbonyl (C=O) groups excluding carboxylic acids is 1. The molecule has 1 aliphatic heterocycles. The monoisotopic (exact) mass is 348 g/mol. The highest BCUT2D eigenvalue weighted by Gasteiger charge is 2.12. The summed E-state index contributed by atoms with van der Waals surface area (Å²) in [7, 11) is 2.99. The van der Waals surface area contributed by atoms with Crippen LogP contribution in [0.1, 0.15) is 12.5 Å². The van der Waals surface area contributed by atoms with E-state index in [1.165, 1.54) is 7.11 Å². The molecule has 0 spiro atoms. The average Bonchev–Trinajstić information content (AvgIpc) is 2.66. The number of nitrogens with zero attached hydrogens (tertiary/aromatic N) is 2. The zero-order valence-electron chi connectivity index (χ0n) is 14.0. The van der Waals surface area contributed by atoms with E-state index in [4.69, 9.17) is 21.1 Å². The predicted octanol–water partition coefficient (Wildman–Crippen LogP) is 3.44. The third kappa shape index (κ3) is 4.86. The van der Waals surface area contributed by atoms with Crippen LogP contribution in [0.2, 0.25) is 5.02 Å². The number of hydrogen-bond acceptors (Lipinski definition) is 5. The van der Waals surface area contributed by atoms with Gasteiger partial charge in [0.25, 0.3) is 0 Å². The molecule has 2 rings (SSSR count). The van der Waals surface area contributed by atoms with Crippen molar-refractivity contribution in [1.29, 1.82) is 0 Å². The number of benzene rings is 1. The lowest BCUT2D eigenvalue weighted by Gasteiger charge is -2.19. The van der Waals surface area contributed by atoms with Crippen molar-refractivity contribution in [3.63, 3.8) is 0 Å². The minimum atomic E-state index is -0.361. The molecule has 0 aliphatic carbocycles. The Morgan fingerprint density at radius 3 is 2.92 bits per heavy atom. The summed E-state index contributed by atoms with van der Waals surface area (Å²) in [5.74, 6) is 0.485. The van der Waals surface area contributed by atoms with Crippen LogP contribution in [0.15, 0.2) is 47.1 Å². The van der Waals surface area contributed by atoms with Crippen molar-refractivity contribution < 1.29 is 14.3 Å². The Morgan fingerprint density at radius 1 is 1.42 bits per heavy atom. The highest BCUT2D eigenvalue weighted by Crippen LogP contribution is 2.24. The maximum Gasteiger partial charge on any atom is 0.337 e. The van der Waals surface area contributed by atoms with E-state index < -0.39 is 0 Å². The van der Waals surface area contributed by atoms with E-state index in [1.54, 1.807) is 25.3 Å². The lowest BCUT2D eigenvalue weighted by molar-refractivity contribution is -0.135. The smallest absolute Gasteiger partial charge is 0.337 e. The van der Waals surface area contributed by atoms with Gasteiger partial charge in [0.05, 0.1) is 32.9 Å². The molecule has 1 heterocycles. The molecule has 0 amide bonds. The maximum atomic E-state index is 11.8. The summed E-state index contributed by atoms with van der Waals surface area (Å²) in [6.45, 7) is 2.98. The number of rotatable bonds is 4. The first-order valence-corrected chi connectivity index (χ1v) is 7.99. The Morgan fingerprint density at radius 2 is 2.21 bits per heavy atom. The van der Waals surface area contributed by atoms with Crippen LogP contribution in [0.3, 0.4) is 0 Å². The highest BCUT2D eigenvalue weighted by atomic mass is 35.5. The predicted molar refractivity (Wildman–Crippen MR) is 95.3 cm³/mol. The topological polar surface area (TPSA) is 51.1 Å². The van der Waals surface area contributed by atoms with Crippen LogP contribution in [-0.4, -0.2) is 38.0 Å². The van der Waals surface area contributed by atoms with Gasteiger partial charge < -0.3 is 9.47 Å². The normalized spacial score (nSPS) is 22.4. The highest BCUT2D eigenvalue weighted by molar-refractivity contribution is 6.30. The Kier molecular flexibility index (Phi) is 6.44. The largest absolute Gasteiger partial charge is 0.496 e. The van der Waals surface area contributed by atoms with Crippen molar-refractivity contribution in [2.75, 3.05) is 20.8 Å². The van der Waals surface area contributed by atoms with E-state index in [1.807, 2.05) is 36.4 Å². The number of allylic oxidation sites excluding steroid dienone is 1. The molecule has 24 heavy (non-hydrogen) atoms. The minimum absolute atomic E-state index is 0.0971. The summed E-state index contributed by atoms with van der Waals surface area (Å²) in [6.07, 6.45) is 7.32. The first kappa shape index (κ1) is 18.1. The summed E-state index contributed by atoms with van der Waals surface area (Å²) in [4.78, 5) is 11.8. The third-order valence-electron chi connectivity index (χ3n) is 3.58. The van der Waals surface area contributed by atoms with Gasteiger partial charge in [-0.2, -0.15) is 5.10 Å². The molecular weight excluding hydrogens is 328 g/mol. The van der Waals surface area contributed by atoms with Gasteiger partial charge in [0, 0.05) is 22.7 Å². The van der Waals surface area contributed by atoms with Gasteiger partial charge in [-0.3, -0.25) is 5.01 Å². The van der Waals surface area contributed by atoms with Gasteiger partial charge in [-0.1, -0.05) is 30.7 Å². The van der Waals surface area contributed by atoms with E-state index in [-0.39, 0.29) is 11.9 Å². The third-order valence-corrected chi connectivity index (χ3v) is 3.82. The van der Waals surface area contributed by atoms with Crippen LogP contribution in [0, 0.1) is 5.92 Å². The number of hydrazone groups is 1. The molecule has 0 saturated carbocycles. The molecule has 1 aromatic rings. The van der Waals surface area contributed by atoms with Gasteiger partial charge in [0.1, 0.15) is 5.75 Å². The summed E-state index contributed by atoms with van der Waals surface area (Å²) >= 11 is 6.09. The average molecular weight is 349 g/mol. The van der Waals surface area contributed by atoms with Crippen molar-refractivity contribution in [3.05, 3.63) is 52.6 Å². The molecule has 1 aromatic carbocycles. The van der Waals surface area contributed by atoms with Crippen LogP contribution >= 0.6 is 11.6 Å². The fraction of sp³-hybridized carbons (Fsp3) is 0.333. The number of halogens is 1. The molecule has 5 nitrogen and oxygen atoms in total. The molecular formula is C18H21ClN2O3. The van der Waals surface area contributed by atoms with Gasteiger partial charge in [0.15, 0.2) is 0 Å². The fourth-order valence-electron chi connectivity index (χ4n) is 2.27. The Hall–Kier alpha value is -2.27. The molecule has 0 fully saturated rings. The lowest BCUT2D eigenvalue weighted by Crippen LogP contribution is -2.19. The van der Waals surface area contributed by atoms with Crippen molar-refractivity contribution in [1.82, 2.24) is 5.01 Å². The Balaban J connectivity index is 2.26. The van der Waals surface area contributed by atoms with Gasteiger partial charge >= 0.3 is 5.97 Å². The molecule has 128 valence electrons. The van der Waals surface area contributed by atoms with Crippen molar-refractivity contribution in [3.8, 4) is 5.75 Å². The fourth-order valence-corrected chi connectivity index (χ4v) is 2.46. The van der Waals surface area contributed by atoms with E-state index >= 15 is 0 Å². The molecule has 0 saturated heterocycles. The summed E-state index contributed by atoms with van der Waals surface area (Å²) in [6, 6.07) is 5.47. The maximum absolute atomic E-state index is 11.8. The van der Waals surface area contributed by atoms with Gasteiger partial charge in [-0.05, 0) is 24.3 Å². The SMILES string of the molecule is COC(=O)C1=C/CN(Cc2cc(Cl)ccc2OC)/N=C\C(C)/C=C\1. The standard InChI is InChI=1S/C18H21ClN2O3/c1-13-4-5-14(18(22)24-3)8-9-21(20-11-13)12-15-10-16(19)6-7-17(15)23-2/h4-8,10-11,13H,9,12H2,1-3H3/b5-4-,14-8+,20-11-. The summed E-state index contributed by atoms with van der Waals surface area (Å²) in [5, 5.41) is 6.99. The first-order chi connectivity index (χ1) is 11.5. The van der Waals surface area contributed by atoms with Crippen molar-refractivity contribution in [2.45, 2.75) is 13.5 Å². The van der Waals surface area contributed by atoms with Crippen LogP contribution < -0.4 is 4.74 Å². The molecule has 1 atom stereocenters. The van der Waals surface area contributed by atoms with Crippen LogP contribution in [-0.2, 0) is 16.1 Å². The van der Waals surface area contributed by atoms with E-state index in [0.29, 0.717) is 23.7 Å².